The summed E-state index contributed by atoms with van der Waals surface area (Å²) in [5, 5.41) is 0. The number of halogens is 1. The first kappa shape index (κ1) is 14.4. The zero-order valence-corrected chi connectivity index (χ0v) is 11.8. The molecule has 0 saturated heterocycles. The summed E-state index contributed by atoms with van der Waals surface area (Å²) >= 11 is 6.11. The molecule has 0 saturated carbocycles. The molecule has 0 amide bonds. The number of hydrogen-bond acceptors (Lipinski definition) is 1. The minimum atomic E-state index is 0.568. The van der Waals surface area contributed by atoms with Gasteiger partial charge in [-0.1, -0.05) is 38.8 Å². The number of hydrogen-bond donors (Lipinski definition) is 0. The van der Waals surface area contributed by atoms with Crippen molar-refractivity contribution in [2.75, 3.05) is 13.0 Å². The Balaban J connectivity index is 2.72. The minimum absolute atomic E-state index is 0.568. The Morgan fingerprint density at radius 1 is 1.18 bits per heavy atom. The van der Waals surface area contributed by atoms with Crippen LogP contribution < -0.4 is 4.74 Å². The Hall–Kier alpha value is -0.690. The highest BCUT2D eigenvalue weighted by atomic mass is 35.5. The summed E-state index contributed by atoms with van der Waals surface area (Å²) < 4.78 is 5.25. The number of alkyl halides is 1. The van der Waals surface area contributed by atoms with Crippen molar-refractivity contribution >= 4 is 11.6 Å². The molecular weight excluding hydrogens is 232 g/mol. The monoisotopic (exact) mass is 254 g/mol. The van der Waals surface area contributed by atoms with E-state index in [4.69, 9.17) is 16.3 Å². The molecule has 0 N–H and O–H groups in total. The van der Waals surface area contributed by atoms with Crippen molar-refractivity contribution in [2.45, 2.75) is 33.1 Å². The van der Waals surface area contributed by atoms with Crippen molar-refractivity contribution in [1.29, 1.82) is 0 Å². The molecular formula is C15H23ClO. The number of methoxy groups -OCH3 is 1. The highest BCUT2D eigenvalue weighted by Crippen LogP contribution is 2.26. The zero-order chi connectivity index (χ0) is 12.7. The molecule has 1 atom stereocenters. The molecule has 0 aliphatic rings. The molecule has 1 aromatic rings. The van der Waals surface area contributed by atoms with Crippen LogP contribution in [0.3, 0.4) is 0 Å². The zero-order valence-electron chi connectivity index (χ0n) is 11.1. The van der Waals surface area contributed by atoms with E-state index in [0.29, 0.717) is 5.92 Å². The van der Waals surface area contributed by atoms with Crippen LogP contribution >= 0.6 is 11.6 Å². The molecule has 0 radical (unpaired) electrons. The molecule has 0 aliphatic carbocycles. The SMILES string of the molecule is CCC(CC)C(CCl)Cc1cccc(OC)c1. The van der Waals surface area contributed by atoms with Gasteiger partial charge in [0.15, 0.2) is 0 Å². The third-order valence-corrected chi connectivity index (χ3v) is 3.94. The van der Waals surface area contributed by atoms with Gasteiger partial charge in [-0.2, -0.15) is 0 Å². The summed E-state index contributed by atoms with van der Waals surface area (Å²) in [6.45, 7) is 4.50. The summed E-state index contributed by atoms with van der Waals surface area (Å²) in [5.74, 6) is 2.96. The maximum absolute atomic E-state index is 6.11. The van der Waals surface area contributed by atoms with Gasteiger partial charge in [0.05, 0.1) is 7.11 Å². The van der Waals surface area contributed by atoms with E-state index in [2.05, 4.69) is 26.0 Å². The van der Waals surface area contributed by atoms with Gasteiger partial charge < -0.3 is 4.74 Å². The van der Waals surface area contributed by atoms with Gasteiger partial charge >= 0.3 is 0 Å². The quantitative estimate of drug-likeness (QED) is 0.650. The number of rotatable bonds is 7. The molecule has 0 spiro atoms. The van der Waals surface area contributed by atoms with E-state index in [9.17, 15) is 0 Å². The normalized spacial score (nSPS) is 12.8. The lowest BCUT2D eigenvalue weighted by Crippen LogP contribution is -2.17. The van der Waals surface area contributed by atoms with E-state index >= 15 is 0 Å². The minimum Gasteiger partial charge on any atom is -0.497 e. The summed E-state index contributed by atoms with van der Waals surface area (Å²) in [4.78, 5) is 0. The Labute approximate surface area is 110 Å². The molecule has 0 aromatic heterocycles. The van der Waals surface area contributed by atoms with Crippen LogP contribution in [0.25, 0.3) is 0 Å². The van der Waals surface area contributed by atoms with Gasteiger partial charge in [-0.15, -0.1) is 11.6 Å². The van der Waals surface area contributed by atoms with Gasteiger partial charge in [0.2, 0.25) is 0 Å². The molecule has 1 nitrogen and oxygen atoms in total. The first-order valence-electron chi connectivity index (χ1n) is 6.44. The summed E-state index contributed by atoms with van der Waals surface area (Å²) in [6.07, 6.45) is 3.46. The van der Waals surface area contributed by atoms with Crippen LogP contribution in [-0.4, -0.2) is 13.0 Å². The van der Waals surface area contributed by atoms with Crippen LogP contribution in [0.1, 0.15) is 32.3 Å². The van der Waals surface area contributed by atoms with Gasteiger partial charge in [0, 0.05) is 5.88 Å². The van der Waals surface area contributed by atoms with Crippen LogP contribution in [0.15, 0.2) is 24.3 Å². The van der Waals surface area contributed by atoms with Crippen LogP contribution in [0, 0.1) is 11.8 Å². The topological polar surface area (TPSA) is 9.23 Å². The van der Waals surface area contributed by atoms with Crippen LogP contribution in [-0.2, 0) is 6.42 Å². The van der Waals surface area contributed by atoms with E-state index in [1.165, 1.54) is 18.4 Å². The van der Waals surface area contributed by atoms with Crippen LogP contribution in [0.5, 0.6) is 5.75 Å². The highest BCUT2D eigenvalue weighted by Gasteiger charge is 2.18. The van der Waals surface area contributed by atoms with Crippen LogP contribution in [0.4, 0.5) is 0 Å². The smallest absolute Gasteiger partial charge is 0.119 e. The molecule has 0 bridgehead atoms. The first-order chi connectivity index (χ1) is 8.24. The fourth-order valence-corrected chi connectivity index (χ4v) is 2.77. The second-order valence-corrected chi connectivity index (χ2v) is 4.86. The largest absolute Gasteiger partial charge is 0.497 e. The van der Waals surface area contributed by atoms with Gasteiger partial charge in [-0.05, 0) is 36.0 Å². The highest BCUT2D eigenvalue weighted by molar-refractivity contribution is 6.18. The Morgan fingerprint density at radius 2 is 1.88 bits per heavy atom. The van der Waals surface area contributed by atoms with Crippen molar-refractivity contribution in [2.24, 2.45) is 11.8 Å². The first-order valence-corrected chi connectivity index (χ1v) is 6.97. The van der Waals surface area contributed by atoms with E-state index in [1.807, 2.05) is 12.1 Å². The van der Waals surface area contributed by atoms with Crippen molar-refractivity contribution in [3.05, 3.63) is 29.8 Å². The molecule has 0 fully saturated rings. The van der Waals surface area contributed by atoms with Crippen molar-refractivity contribution in [1.82, 2.24) is 0 Å². The van der Waals surface area contributed by atoms with E-state index in [0.717, 1.165) is 24.0 Å². The predicted octanol–water partition coefficient (Wildman–Crippen LogP) is 4.53. The molecule has 1 unspecified atom stereocenters. The molecule has 1 rings (SSSR count). The predicted molar refractivity (Wildman–Crippen MR) is 75.0 cm³/mol. The summed E-state index contributed by atoms with van der Waals surface area (Å²) in [5.41, 5.74) is 1.32. The maximum atomic E-state index is 6.11. The Bertz CT molecular complexity index is 320. The molecule has 17 heavy (non-hydrogen) atoms. The maximum Gasteiger partial charge on any atom is 0.119 e. The van der Waals surface area contributed by atoms with Gasteiger partial charge in [0.25, 0.3) is 0 Å². The number of benzene rings is 1. The van der Waals surface area contributed by atoms with E-state index < -0.39 is 0 Å². The average Bonchev–Trinajstić information content (AvgIpc) is 2.39. The van der Waals surface area contributed by atoms with Gasteiger partial charge in [-0.25, -0.2) is 0 Å². The lowest BCUT2D eigenvalue weighted by Gasteiger charge is -2.23. The Kier molecular flexibility index (Phi) is 6.43. The van der Waals surface area contributed by atoms with Crippen molar-refractivity contribution in [3.63, 3.8) is 0 Å². The third kappa shape index (κ3) is 4.23. The summed E-state index contributed by atoms with van der Waals surface area (Å²) in [7, 11) is 1.71. The van der Waals surface area contributed by atoms with Gasteiger partial charge in [0.1, 0.15) is 5.75 Å². The molecule has 0 aliphatic heterocycles. The lowest BCUT2D eigenvalue weighted by molar-refractivity contribution is 0.338. The van der Waals surface area contributed by atoms with E-state index in [1.54, 1.807) is 7.11 Å². The summed E-state index contributed by atoms with van der Waals surface area (Å²) in [6, 6.07) is 8.30. The molecule has 2 heteroatoms. The Morgan fingerprint density at radius 3 is 2.41 bits per heavy atom. The fourth-order valence-electron chi connectivity index (χ4n) is 2.40. The number of ether oxygens (including phenoxy) is 1. The standard InChI is InChI=1S/C15H23ClO/c1-4-13(5-2)14(11-16)9-12-7-6-8-15(10-12)17-3/h6-8,10,13-14H,4-5,9,11H2,1-3H3. The molecule has 0 heterocycles. The second kappa shape index (κ2) is 7.60. The van der Waals surface area contributed by atoms with Crippen LogP contribution in [0.2, 0.25) is 0 Å². The fraction of sp³-hybridized carbons (Fsp3) is 0.600. The van der Waals surface area contributed by atoms with Crippen molar-refractivity contribution < 1.29 is 4.74 Å². The lowest BCUT2D eigenvalue weighted by atomic mass is 9.85. The average molecular weight is 255 g/mol. The molecule has 1 aromatic carbocycles. The second-order valence-electron chi connectivity index (χ2n) is 4.55. The van der Waals surface area contributed by atoms with Crippen molar-refractivity contribution in [3.8, 4) is 5.75 Å². The van der Waals surface area contributed by atoms with E-state index in [-0.39, 0.29) is 0 Å². The van der Waals surface area contributed by atoms with Gasteiger partial charge in [-0.3, -0.25) is 0 Å². The molecule has 96 valence electrons. The third-order valence-electron chi connectivity index (χ3n) is 3.55.